The molecule has 0 aliphatic heterocycles. The number of nitrogens with zero attached hydrogens (tertiary/aromatic N) is 3. The molecule has 0 saturated heterocycles. The molecule has 78 valence electrons. The Bertz CT molecular complexity index is 505. The van der Waals surface area contributed by atoms with Gasteiger partial charge in [0.05, 0.1) is 6.54 Å². The zero-order valence-electron chi connectivity index (χ0n) is 7.75. The number of nitrogens with two attached hydrogens (primary N) is 1. The van der Waals surface area contributed by atoms with Crippen molar-refractivity contribution in [1.82, 2.24) is 14.8 Å². The van der Waals surface area contributed by atoms with Gasteiger partial charge in [-0.05, 0) is 6.07 Å². The molecule has 0 aliphatic carbocycles. The summed E-state index contributed by atoms with van der Waals surface area (Å²) in [7, 11) is 0. The van der Waals surface area contributed by atoms with Gasteiger partial charge in [0.25, 0.3) is 5.56 Å². The number of anilines is 1. The highest BCUT2D eigenvalue weighted by Gasteiger charge is 2.03. The molecule has 6 nitrogen and oxygen atoms in total. The Morgan fingerprint density at radius 2 is 2.33 bits per heavy atom. The quantitative estimate of drug-likeness (QED) is 0.566. The fraction of sp³-hybridized carbons (Fsp3) is 0.125. The summed E-state index contributed by atoms with van der Waals surface area (Å²) in [5, 5.41) is 8.94. The third kappa shape index (κ3) is 2.20. The molecule has 3 N–H and O–H groups in total. The third-order valence-electron chi connectivity index (χ3n) is 1.79. The molecular weight excluding hydrogens is 214 g/mol. The van der Waals surface area contributed by atoms with Crippen molar-refractivity contribution in [2.45, 2.75) is 6.54 Å². The minimum absolute atomic E-state index is 0.0602. The molecule has 2 rings (SSSR count). The Morgan fingerprint density at radius 3 is 3.00 bits per heavy atom. The van der Waals surface area contributed by atoms with E-state index in [1.54, 1.807) is 22.9 Å². The van der Waals surface area contributed by atoms with Crippen LogP contribution in [0.15, 0.2) is 29.2 Å². The Morgan fingerprint density at radius 1 is 1.47 bits per heavy atom. The molecule has 2 aromatic rings. The summed E-state index contributed by atoms with van der Waals surface area (Å²) in [6, 6.07) is 5.00. The number of hydrazine groups is 1. The van der Waals surface area contributed by atoms with Crippen molar-refractivity contribution in [3.8, 4) is 0 Å². The lowest BCUT2D eigenvalue weighted by Gasteiger charge is -1.99. The fourth-order valence-corrected chi connectivity index (χ4v) is 1.76. The van der Waals surface area contributed by atoms with E-state index < -0.39 is 0 Å². The molecule has 15 heavy (non-hydrogen) atoms. The summed E-state index contributed by atoms with van der Waals surface area (Å²) in [5.74, 6) is 5.18. The predicted octanol–water partition coefficient (Wildman–Crippen LogP) is 0.0337. The average molecular weight is 223 g/mol. The van der Waals surface area contributed by atoms with Gasteiger partial charge in [0.1, 0.15) is 5.01 Å². The van der Waals surface area contributed by atoms with E-state index in [1.807, 2.05) is 0 Å². The lowest BCUT2D eigenvalue weighted by molar-refractivity contribution is 0.744. The maximum absolute atomic E-state index is 11.4. The van der Waals surface area contributed by atoms with E-state index in [9.17, 15) is 4.79 Å². The van der Waals surface area contributed by atoms with E-state index in [4.69, 9.17) is 5.84 Å². The van der Waals surface area contributed by atoms with Crippen LogP contribution in [0.25, 0.3) is 0 Å². The van der Waals surface area contributed by atoms with Gasteiger partial charge in [0.2, 0.25) is 5.13 Å². The monoisotopic (exact) mass is 223 g/mol. The van der Waals surface area contributed by atoms with Crippen LogP contribution >= 0.6 is 11.3 Å². The second-order valence-corrected chi connectivity index (χ2v) is 3.87. The highest BCUT2D eigenvalue weighted by molar-refractivity contribution is 7.15. The average Bonchev–Trinajstić information content (AvgIpc) is 2.69. The largest absolute Gasteiger partial charge is 0.309 e. The molecule has 0 spiro atoms. The van der Waals surface area contributed by atoms with Crippen molar-refractivity contribution < 1.29 is 0 Å². The van der Waals surface area contributed by atoms with Gasteiger partial charge in [0.15, 0.2) is 0 Å². The van der Waals surface area contributed by atoms with Crippen LogP contribution in [0.5, 0.6) is 0 Å². The number of hydrogen-bond acceptors (Lipinski definition) is 6. The first-order chi connectivity index (χ1) is 7.29. The minimum atomic E-state index is -0.0602. The molecule has 2 heterocycles. The highest BCUT2D eigenvalue weighted by Crippen LogP contribution is 2.13. The van der Waals surface area contributed by atoms with Crippen LogP contribution in [0, 0.1) is 0 Å². The smallest absolute Gasteiger partial charge is 0.250 e. The fourth-order valence-electron chi connectivity index (χ4n) is 1.11. The second-order valence-electron chi connectivity index (χ2n) is 2.81. The van der Waals surface area contributed by atoms with E-state index in [1.165, 1.54) is 17.4 Å². The normalized spacial score (nSPS) is 10.2. The number of rotatable bonds is 3. The molecule has 0 amide bonds. The summed E-state index contributed by atoms with van der Waals surface area (Å²) < 4.78 is 1.56. The maximum atomic E-state index is 11.4. The van der Waals surface area contributed by atoms with Crippen LogP contribution in [0.1, 0.15) is 5.01 Å². The molecule has 7 heteroatoms. The first-order valence-electron chi connectivity index (χ1n) is 4.24. The zero-order valence-corrected chi connectivity index (χ0v) is 8.57. The lowest BCUT2D eigenvalue weighted by atomic mass is 10.5. The Hall–Kier alpha value is -1.73. The number of nitrogens with one attached hydrogen (secondary N) is 1. The molecule has 0 saturated carbocycles. The summed E-state index contributed by atoms with van der Waals surface area (Å²) in [4.78, 5) is 11.4. The zero-order chi connectivity index (χ0) is 10.7. The first kappa shape index (κ1) is 9.81. The number of aromatic nitrogens is 3. The van der Waals surface area contributed by atoms with Crippen molar-refractivity contribution >= 4 is 16.5 Å². The van der Waals surface area contributed by atoms with Crippen LogP contribution in [-0.2, 0) is 6.54 Å². The number of hydrogen-bond donors (Lipinski definition) is 2. The van der Waals surface area contributed by atoms with E-state index >= 15 is 0 Å². The van der Waals surface area contributed by atoms with Gasteiger partial charge in [-0.3, -0.25) is 10.2 Å². The molecule has 0 atom stereocenters. The molecule has 0 aromatic carbocycles. The van der Waals surface area contributed by atoms with Gasteiger partial charge in [-0.2, -0.15) is 0 Å². The van der Waals surface area contributed by atoms with Crippen LogP contribution in [0.2, 0.25) is 0 Å². The Labute approximate surface area is 89.4 Å². The van der Waals surface area contributed by atoms with Crippen molar-refractivity contribution in [3.05, 3.63) is 39.8 Å². The van der Waals surface area contributed by atoms with Gasteiger partial charge >= 0.3 is 0 Å². The van der Waals surface area contributed by atoms with E-state index in [0.29, 0.717) is 11.7 Å². The van der Waals surface area contributed by atoms with Crippen molar-refractivity contribution in [3.63, 3.8) is 0 Å². The SMILES string of the molecule is NNc1nnc(Cn2ccccc2=O)s1. The van der Waals surface area contributed by atoms with Gasteiger partial charge in [-0.1, -0.05) is 17.4 Å². The molecule has 0 unspecified atom stereocenters. The lowest BCUT2D eigenvalue weighted by Crippen LogP contribution is -2.18. The maximum Gasteiger partial charge on any atom is 0.250 e. The van der Waals surface area contributed by atoms with Gasteiger partial charge in [0, 0.05) is 12.3 Å². The highest BCUT2D eigenvalue weighted by atomic mass is 32.1. The Kier molecular flexibility index (Phi) is 2.75. The predicted molar refractivity (Wildman–Crippen MR) is 57.5 cm³/mol. The second kappa shape index (κ2) is 4.20. The third-order valence-corrected chi connectivity index (χ3v) is 2.63. The molecule has 0 radical (unpaired) electrons. The van der Waals surface area contributed by atoms with Gasteiger partial charge in [-0.15, -0.1) is 10.2 Å². The van der Waals surface area contributed by atoms with Crippen LogP contribution < -0.4 is 16.8 Å². The van der Waals surface area contributed by atoms with E-state index in [-0.39, 0.29) is 5.56 Å². The van der Waals surface area contributed by atoms with Crippen molar-refractivity contribution in [2.75, 3.05) is 5.43 Å². The van der Waals surface area contributed by atoms with Crippen molar-refractivity contribution in [1.29, 1.82) is 0 Å². The van der Waals surface area contributed by atoms with Crippen LogP contribution in [0.3, 0.4) is 0 Å². The molecular formula is C8H9N5OS. The summed E-state index contributed by atoms with van der Waals surface area (Å²) >= 11 is 1.32. The summed E-state index contributed by atoms with van der Waals surface area (Å²) in [6.07, 6.45) is 1.71. The topological polar surface area (TPSA) is 85.8 Å². The standard InChI is InChI=1S/C8H9N5OS/c9-10-8-12-11-6(15-8)5-13-4-2-1-3-7(13)14/h1-4H,5,9H2,(H,10,12). The first-order valence-corrected chi connectivity index (χ1v) is 5.06. The number of pyridine rings is 1. The van der Waals surface area contributed by atoms with Crippen LogP contribution in [-0.4, -0.2) is 14.8 Å². The molecule has 0 bridgehead atoms. The summed E-state index contributed by atoms with van der Waals surface area (Å²) in [5.41, 5.74) is 2.35. The molecule has 0 fully saturated rings. The van der Waals surface area contributed by atoms with E-state index in [0.717, 1.165) is 5.01 Å². The molecule has 0 aliphatic rings. The van der Waals surface area contributed by atoms with Crippen LogP contribution in [0.4, 0.5) is 5.13 Å². The van der Waals surface area contributed by atoms with E-state index in [2.05, 4.69) is 15.6 Å². The van der Waals surface area contributed by atoms with Gasteiger partial charge < -0.3 is 4.57 Å². The van der Waals surface area contributed by atoms with Crippen molar-refractivity contribution in [2.24, 2.45) is 5.84 Å². The molecule has 2 aromatic heterocycles. The number of nitrogen functional groups attached to an aromatic ring is 1. The van der Waals surface area contributed by atoms with Gasteiger partial charge in [-0.25, -0.2) is 5.84 Å². The Balaban J connectivity index is 2.22. The minimum Gasteiger partial charge on any atom is -0.309 e. The summed E-state index contributed by atoms with van der Waals surface area (Å²) in [6.45, 7) is 0.416.